The van der Waals surface area contributed by atoms with Gasteiger partial charge in [0, 0.05) is 50.9 Å². The normalized spacial score (nSPS) is 20.7. The van der Waals surface area contributed by atoms with E-state index in [9.17, 15) is 13.9 Å². The van der Waals surface area contributed by atoms with Crippen LogP contribution in [0.2, 0.25) is 0 Å². The standard InChI is InChI=1S/C17H26F2N2O/c1-13(2)10-21-8-7-20(12-15(21)6-9-22)11-14-4-3-5-16(18)17(14)19/h3-5,13,15,22H,6-12H2,1-2H3/t15-/m1/s1. The molecule has 3 nitrogen and oxygen atoms in total. The van der Waals surface area contributed by atoms with Crippen molar-refractivity contribution < 1.29 is 13.9 Å². The molecule has 1 saturated heterocycles. The van der Waals surface area contributed by atoms with Gasteiger partial charge >= 0.3 is 0 Å². The Balaban J connectivity index is 2.00. The fourth-order valence-corrected chi connectivity index (χ4v) is 3.14. The minimum absolute atomic E-state index is 0.154. The van der Waals surface area contributed by atoms with Gasteiger partial charge in [-0.05, 0) is 18.4 Å². The van der Waals surface area contributed by atoms with Crippen LogP contribution in [0.1, 0.15) is 25.8 Å². The molecule has 1 aliphatic rings. The number of aliphatic hydroxyl groups excluding tert-OH is 1. The van der Waals surface area contributed by atoms with Gasteiger partial charge in [0.05, 0.1) is 0 Å². The summed E-state index contributed by atoms with van der Waals surface area (Å²) in [6.07, 6.45) is 0.717. The lowest BCUT2D eigenvalue weighted by atomic mass is 10.1. The van der Waals surface area contributed by atoms with Crippen molar-refractivity contribution in [2.24, 2.45) is 5.92 Å². The predicted octanol–water partition coefficient (Wildman–Crippen LogP) is 2.49. The van der Waals surface area contributed by atoms with Gasteiger partial charge in [0.1, 0.15) is 0 Å². The molecule has 0 radical (unpaired) electrons. The van der Waals surface area contributed by atoms with Gasteiger partial charge in [0.2, 0.25) is 0 Å². The topological polar surface area (TPSA) is 26.7 Å². The van der Waals surface area contributed by atoms with E-state index in [1.54, 1.807) is 12.1 Å². The van der Waals surface area contributed by atoms with Gasteiger partial charge in [0.15, 0.2) is 11.6 Å². The van der Waals surface area contributed by atoms with E-state index in [4.69, 9.17) is 0 Å². The number of hydrogen-bond donors (Lipinski definition) is 1. The van der Waals surface area contributed by atoms with E-state index in [1.165, 1.54) is 0 Å². The van der Waals surface area contributed by atoms with Crippen LogP contribution in [0.15, 0.2) is 18.2 Å². The lowest BCUT2D eigenvalue weighted by Gasteiger charge is -2.42. The van der Waals surface area contributed by atoms with Crippen molar-refractivity contribution >= 4 is 0 Å². The Kier molecular flexibility index (Phi) is 6.29. The summed E-state index contributed by atoms with van der Waals surface area (Å²) in [7, 11) is 0. The fourth-order valence-electron chi connectivity index (χ4n) is 3.14. The second-order valence-electron chi connectivity index (χ2n) is 6.50. The number of rotatable bonds is 6. The molecule has 1 N–H and O–H groups in total. The summed E-state index contributed by atoms with van der Waals surface area (Å²) in [5, 5.41) is 9.27. The van der Waals surface area contributed by atoms with Crippen LogP contribution in [-0.2, 0) is 6.54 Å². The van der Waals surface area contributed by atoms with E-state index in [0.717, 1.165) is 38.7 Å². The van der Waals surface area contributed by atoms with Crippen molar-refractivity contribution in [2.45, 2.75) is 32.9 Å². The first-order chi connectivity index (χ1) is 10.5. The Labute approximate surface area is 131 Å². The highest BCUT2D eigenvalue weighted by molar-refractivity contribution is 5.19. The Morgan fingerprint density at radius 3 is 2.73 bits per heavy atom. The zero-order valence-electron chi connectivity index (χ0n) is 13.4. The highest BCUT2D eigenvalue weighted by Crippen LogP contribution is 2.19. The quantitative estimate of drug-likeness (QED) is 0.874. The van der Waals surface area contributed by atoms with Gasteiger partial charge in [-0.2, -0.15) is 0 Å². The molecule has 1 atom stereocenters. The van der Waals surface area contributed by atoms with Gasteiger partial charge in [-0.25, -0.2) is 8.78 Å². The monoisotopic (exact) mass is 312 g/mol. The molecule has 1 aromatic rings. The van der Waals surface area contributed by atoms with E-state index >= 15 is 0 Å². The molecule has 1 aliphatic heterocycles. The van der Waals surface area contributed by atoms with Crippen LogP contribution >= 0.6 is 0 Å². The Hall–Kier alpha value is -1.04. The minimum atomic E-state index is -0.789. The average Bonchev–Trinajstić information content (AvgIpc) is 2.46. The van der Waals surface area contributed by atoms with E-state index in [-0.39, 0.29) is 12.6 Å². The summed E-state index contributed by atoms with van der Waals surface area (Å²) in [6.45, 7) is 8.47. The maximum atomic E-state index is 13.8. The summed E-state index contributed by atoms with van der Waals surface area (Å²) >= 11 is 0. The molecule has 0 aliphatic carbocycles. The highest BCUT2D eigenvalue weighted by Gasteiger charge is 2.27. The van der Waals surface area contributed by atoms with Gasteiger partial charge < -0.3 is 5.11 Å². The van der Waals surface area contributed by atoms with Crippen molar-refractivity contribution in [2.75, 3.05) is 32.8 Å². The summed E-state index contributed by atoms with van der Waals surface area (Å²) in [5.41, 5.74) is 0.403. The second kappa shape index (κ2) is 7.99. The van der Waals surface area contributed by atoms with Gasteiger partial charge in [0.25, 0.3) is 0 Å². The Morgan fingerprint density at radius 2 is 2.05 bits per heavy atom. The van der Waals surface area contributed by atoms with Crippen molar-refractivity contribution in [3.05, 3.63) is 35.4 Å². The zero-order valence-corrected chi connectivity index (χ0v) is 13.4. The lowest BCUT2D eigenvalue weighted by Crippen LogP contribution is -2.53. The first-order valence-corrected chi connectivity index (χ1v) is 8.01. The van der Waals surface area contributed by atoms with Crippen molar-refractivity contribution in [1.82, 2.24) is 9.80 Å². The van der Waals surface area contributed by atoms with Crippen LogP contribution in [0.3, 0.4) is 0 Å². The summed E-state index contributed by atoms with van der Waals surface area (Å²) in [4.78, 5) is 4.55. The molecule has 1 heterocycles. The maximum absolute atomic E-state index is 13.8. The molecule has 0 aromatic heterocycles. The number of hydrogen-bond acceptors (Lipinski definition) is 3. The molecule has 1 aromatic carbocycles. The molecule has 0 spiro atoms. The number of nitrogens with zero attached hydrogens (tertiary/aromatic N) is 2. The Morgan fingerprint density at radius 1 is 1.27 bits per heavy atom. The van der Waals surface area contributed by atoms with Crippen LogP contribution in [0, 0.1) is 17.6 Å². The van der Waals surface area contributed by atoms with E-state index in [1.807, 2.05) is 0 Å². The molecular weight excluding hydrogens is 286 g/mol. The third-order valence-corrected chi connectivity index (χ3v) is 4.18. The summed E-state index contributed by atoms with van der Waals surface area (Å²) < 4.78 is 27.1. The number of piperazine rings is 1. The molecule has 124 valence electrons. The molecule has 0 bridgehead atoms. The average molecular weight is 312 g/mol. The fraction of sp³-hybridized carbons (Fsp3) is 0.647. The van der Waals surface area contributed by atoms with E-state index < -0.39 is 11.6 Å². The number of aliphatic hydroxyl groups is 1. The third kappa shape index (κ3) is 4.48. The van der Waals surface area contributed by atoms with Crippen LogP contribution < -0.4 is 0 Å². The second-order valence-corrected chi connectivity index (χ2v) is 6.50. The molecule has 5 heteroatoms. The lowest BCUT2D eigenvalue weighted by molar-refractivity contribution is 0.0471. The van der Waals surface area contributed by atoms with Crippen LogP contribution in [-0.4, -0.2) is 53.7 Å². The highest BCUT2D eigenvalue weighted by atomic mass is 19.2. The SMILES string of the molecule is CC(C)CN1CCN(Cc2cccc(F)c2F)C[C@H]1CCO. The van der Waals surface area contributed by atoms with Gasteiger partial charge in [-0.1, -0.05) is 26.0 Å². The van der Waals surface area contributed by atoms with Crippen molar-refractivity contribution in [3.8, 4) is 0 Å². The maximum Gasteiger partial charge on any atom is 0.163 e. The first-order valence-electron chi connectivity index (χ1n) is 8.01. The molecule has 2 rings (SSSR count). The van der Waals surface area contributed by atoms with Crippen LogP contribution in [0.4, 0.5) is 8.78 Å². The van der Waals surface area contributed by atoms with Crippen LogP contribution in [0.5, 0.6) is 0 Å². The molecular formula is C17H26F2N2O. The molecule has 1 fully saturated rings. The largest absolute Gasteiger partial charge is 0.396 e. The number of halogens is 2. The molecule has 0 amide bonds. The molecule has 0 saturated carbocycles. The summed E-state index contributed by atoms with van der Waals surface area (Å²) in [5.74, 6) is -0.956. The minimum Gasteiger partial charge on any atom is -0.396 e. The Bertz CT molecular complexity index is 482. The van der Waals surface area contributed by atoms with E-state index in [2.05, 4.69) is 23.6 Å². The van der Waals surface area contributed by atoms with E-state index in [0.29, 0.717) is 18.0 Å². The first kappa shape index (κ1) is 17.3. The summed E-state index contributed by atoms with van der Waals surface area (Å²) in [6, 6.07) is 4.61. The van der Waals surface area contributed by atoms with Gasteiger partial charge in [-0.15, -0.1) is 0 Å². The van der Waals surface area contributed by atoms with Crippen molar-refractivity contribution in [3.63, 3.8) is 0 Å². The van der Waals surface area contributed by atoms with Crippen LogP contribution in [0.25, 0.3) is 0 Å². The predicted molar refractivity (Wildman–Crippen MR) is 83.5 cm³/mol. The molecule has 22 heavy (non-hydrogen) atoms. The molecule has 0 unspecified atom stereocenters. The number of benzene rings is 1. The smallest absolute Gasteiger partial charge is 0.163 e. The third-order valence-electron chi connectivity index (χ3n) is 4.18. The van der Waals surface area contributed by atoms with Gasteiger partial charge in [-0.3, -0.25) is 9.80 Å². The zero-order chi connectivity index (χ0) is 16.1. The van der Waals surface area contributed by atoms with Crippen molar-refractivity contribution in [1.29, 1.82) is 0 Å².